The highest BCUT2D eigenvalue weighted by Crippen LogP contribution is 2.41. The molecule has 0 atom stereocenters. The second-order valence-electron chi connectivity index (χ2n) is 8.62. The summed E-state index contributed by atoms with van der Waals surface area (Å²) >= 11 is 6.85. The fourth-order valence-electron chi connectivity index (χ4n) is 4.57. The quantitative estimate of drug-likeness (QED) is 0.280. The lowest BCUT2D eigenvalue weighted by Crippen LogP contribution is -2.26. The molecule has 0 spiro atoms. The number of hydrogen-bond acceptors (Lipinski definition) is 1. The van der Waals surface area contributed by atoms with Crippen LogP contribution in [-0.2, 0) is 4.79 Å². The van der Waals surface area contributed by atoms with Crippen LogP contribution in [0.2, 0.25) is 0 Å². The highest BCUT2D eigenvalue weighted by molar-refractivity contribution is 9.28. The van der Waals surface area contributed by atoms with Gasteiger partial charge < -0.3 is 4.79 Å². The lowest BCUT2D eigenvalue weighted by Gasteiger charge is -2.35. The molecular formula is C23H40Br2O. The average Bonchev–Trinajstić information content (AvgIpc) is 2.56. The fraction of sp³-hybridized carbons (Fsp3) is 0.870. The molecule has 0 saturated heterocycles. The minimum atomic E-state index is 0.407. The molecule has 0 unspecified atom stereocenters. The summed E-state index contributed by atoms with van der Waals surface area (Å²) in [7, 11) is 0. The Balaban J connectivity index is 0.000000263. The lowest BCUT2D eigenvalue weighted by atomic mass is 9.70. The summed E-state index contributed by atoms with van der Waals surface area (Å²) in [5, 5.41) is 0. The van der Waals surface area contributed by atoms with Gasteiger partial charge >= 0.3 is 0 Å². The zero-order valence-corrected chi connectivity index (χ0v) is 20.5. The minimum absolute atomic E-state index is 0.407. The molecule has 2 aliphatic rings. The van der Waals surface area contributed by atoms with Crippen molar-refractivity contribution < 1.29 is 4.79 Å². The maximum atomic E-state index is 10.4. The van der Waals surface area contributed by atoms with E-state index in [4.69, 9.17) is 0 Å². The van der Waals surface area contributed by atoms with Crippen LogP contribution in [0, 0.1) is 35.5 Å². The van der Waals surface area contributed by atoms with Crippen molar-refractivity contribution in [3.63, 3.8) is 0 Å². The molecule has 0 radical (unpaired) electrons. The SMILES string of the molecule is CCC(CC)CC1CC(C=C(Br)Br)C1.CCC(CC)CC1CC(C=O)C1. The van der Waals surface area contributed by atoms with Gasteiger partial charge in [-0.3, -0.25) is 0 Å². The molecule has 0 heterocycles. The molecule has 0 aliphatic heterocycles. The highest BCUT2D eigenvalue weighted by atomic mass is 79.9. The van der Waals surface area contributed by atoms with E-state index in [0.29, 0.717) is 5.92 Å². The Morgan fingerprint density at radius 2 is 1.19 bits per heavy atom. The molecule has 0 aromatic heterocycles. The van der Waals surface area contributed by atoms with Gasteiger partial charge in [-0.25, -0.2) is 0 Å². The topological polar surface area (TPSA) is 17.1 Å². The van der Waals surface area contributed by atoms with E-state index >= 15 is 0 Å². The normalized spacial score (nSPS) is 27.2. The van der Waals surface area contributed by atoms with Crippen LogP contribution in [0.25, 0.3) is 0 Å². The van der Waals surface area contributed by atoms with Gasteiger partial charge in [-0.2, -0.15) is 0 Å². The number of hydrogen-bond donors (Lipinski definition) is 0. The number of aldehydes is 1. The number of rotatable bonds is 10. The Morgan fingerprint density at radius 3 is 1.50 bits per heavy atom. The minimum Gasteiger partial charge on any atom is -0.303 e. The number of carbonyl (C=O) groups excluding carboxylic acids is 1. The van der Waals surface area contributed by atoms with E-state index in [2.05, 4.69) is 65.6 Å². The van der Waals surface area contributed by atoms with E-state index in [9.17, 15) is 4.79 Å². The molecule has 0 aromatic rings. The molecule has 0 amide bonds. The largest absolute Gasteiger partial charge is 0.303 e. The van der Waals surface area contributed by atoms with Crippen molar-refractivity contribution in [3.8, 4) is 0 Å². The van der Waals surface area contributed by atoms with Crippen LogP contribution >= 0.6 is 31.9 Å². The second kappa shape index (κ2) is 13.5. The molecule has 2 saturated carbocycles. The van der Waals surface area contributed by atoms with E-state index in [1.165, 1.54) is 64.2 Å². The van der Waals surface area contributed by atoms with Crippen LogP contribution in [0.3, 0.4) is 0 Å². The van der Waals surface area contributed by atoms with Gasteiger partial charge in [0.2, 0.25) is 0 Å². The van der Waals surface area contributed by atoms with Crippen LogP contribution in [0.4, 0.5) is 0 Å². The van der Waals surface area contributed by atoms with E-state index in [1.807, 2.05) is 0 Å². The third-order valence-corrected chi connectivity index (χ3v) is 7.27. The summed E-state index contributed by atoms with van der Waals surface area (Å²) in [6.07, 6.45) is 16.7. The highest BCUT2D eigenvalue weighted by Gasteiger charge is 2.30. The van der Waals surface area contributed by atoms with Crippen molar-refractivity contribution in [2.24, 2.45) is 35.5 Å². The summed E-state index contributed by atoms with van der Waals surface area (Å²) in [5.74, 6) is 4.97. The average molecular weight is 492 g/mol. The van der Waals surface area contributed by atoms with Crippen LogP contribution in [-0.4, -0.2) is 6.29 Å². The van der Waals surface area contributed by atoms with Gasteiger partial charge in [-0.1, -0.05) is 59.5 Å². The third-order valence-electron chi connectivity index (χ3n) is 6.74. The van der Waals surface area contributed by atoms with Gasteiger partial charge in [-0.05, 0) is 100.0 Å². The maximum absolute atomic E-state index is 10.4. The summed E-state index contributed by atoms with van der Waals surface area (Å²) < 4.78 is 1.12. The van der Waals surface area contributed by atoms with E-state index in [1.54, 1.807) is 0 Å². The first kappa shape index (κ1) is 24.4. The van der Waals surface area contributed by atoms with E-state index in [0.717, 1.165) is 39.3 Å². The zero-order chi connectivity index (χ0) is 19.5. The standard InChI is InChI=1S/C12H20Br2.C11H20O/c1-3-9(4-2)5-10-6-11(7-10)8-12(13)14;1-3-9(4-2)5-10-6-11(7-10)8-12/h8-11H,3-7H2,1-2H3;8-11H,3-7H2,1-2H3. The summed E-state index contributed by atoms with van der Waals surface area (Å²) in [4.78, 5) is 10.4. The predicted molar refractivity (Wildman–Crippen MR) is 122 cm³/mol. The van der Waals surface area contributed by atoms with Crippen molar-refractivity contribution in [1.29, 1.82) is 0 Å². The van der Waals surface area contributed by atoms with Gasteiger partial charge in [-0.15, -0.1) is 0 Å². The number of carbonyl (C=O) groups is 1. The van der Waals surface area contributed by atoms with Crippen LogP contribution in [0.5, 0.6) is 0 Å². The maximum Gasteiger partial charge on any atom is 0.123 e. The van der Waals surface area contributed by atoms with Gasteiger partial charge in [0, 0.05) is 5.92 Å². The van der Waals surface area contributed by atoms with Crippen molar-refractivity contribution in [2.45, 2.75) is 91.9 Å². The molecule has 0 N–H and O–H groups in total. The van der Waals surface area contributed by atoms with Crippen LogP contribution in [0.1, 0.15) is 91.9 Å². The van der Waals surface area contributed by atoms with E-state index in [-0.39, 0.29) is 0 Å². The number of halogens is 2. The first-order chi connectivity index (χ1) is 12.4. The molecule has 26 heavy (non-hydrogen) atoms. The third kappa shape index (κ3) is 9.04. The monoisotopic (exact) mass is 490 g/mol. The fourth-order valence-corrected chi connectivity index (χ4v) is 5.32. The van der Waals surface area contributed by atoms with Gasteiger partial charge in [0.25, 0.3) is 0 Å². The van der Waals surface area contributed by atoms with Crippen LogP contribution < -0.4 is 0 Å². The van der Waals surface area contributed by atoms with Crippen molar-refractivity contribution in [3.05, 3.63) is 9.47 Å². The van der Waals surface area contributed by atoms with Crippen molar-refractivity contribution in [2.75, 3.05) is 0 Å². The molecule has 2 rings (SSSR count). The predicted octanol–water partition coefficient (Wildman–Crippen LogP) is 8.51. The summed E-state index contributed by atoms with van der Waals surface area (Å²) in [6, 6.07) is 0. The van der Waals surface area contributed by atoms with Crippen molar-refractivity contribution >= 4 is 38.1 Å². The number of allylic oxidation sites excluding steroid dienone is 1. The Hall–Kier alpha value is 0.370. The summed E-state index contributed by atoms with van der Waals surface area (Å²) in [6.45, 7) is 9.17. The summed E-state index contributed by atoms with van der Waals surface area (Å²) in [5.41, 5.74) is 0. The Kier molecular flexibility index (Phi) is 12.7. The van der Waals surface area contributed by atoms with Crippen molar-refractivity contribution in [1.82, 2.24) is 0 Å². The lowest BCUT2D eigenvalue weighted by molar-refractivity contribution is -0.114. The van der Waals surface area contributed by atoms with Gasteiger partial charge in [0.05, 0.1) is 3.39 Å². The molecule has 0 bridgehead atoms. The van der Waals surface area contributed by atoms with Gasteiger partial charge in [0.1, 0.15) is 6.29 Å². The first-order valence-electron chi connectivity index (χ1n) is 10.9. The molecule has 2 fully saturated rings. The zero-order valence-electron chi connectivity index (χ0n) is 17.4. The molecule has 1 nitrogen and oxygen atoms in total. The molecule has 2 aliphatic carbocycles. The van der Waals surface area contributed by atoms with Gasteiger partial charge in [0.15, 0.2) is 0 Å². The smallest absolute Gasteiger partial charge is 0.123 e. The molecular weight excluding hydrogens is 452 g/mol. The molecule has 152 valence electrons. The molecule has 0 aromatic carbocycles. The molecule has 3 heteroatoms. The Bertz CT molecular complexity index is 396. The van der Waals surface area contributed by atoms with Crippen LogP contribution in [0.15, 0.2) is 9.47 Å². The Morgan fingerprint density at radius 1 is 0.808 bits per heavy atom. The second-order valence-corrected chi connectivity index (χ2v) is 11.4. The van der Waals surface area contributed by atoms with E-state index < -0.39 is 0 Å². The Labute approximate surface area is 179 Å². The first-order valence-corrected chi connectivity index (χ1v) is 12.5.